The van der Waals surface area contributed by atoms with Crippen molar-refractivity contribution < 1.29 is 39.0 Å². The van der Waals surface area contributed by atoms with Crippen molar-refractivity contribution in [1.82, 2.24) is 26.6 Å². The van der Waals surface area contributed by atoms with Crippen LogP contribution in [-0.2, 0) is 28.8 Å². The first-order valence-corrected chi connectivity index (χ1v) is 14.9. The van der Waals surface area contributed by atoms with Crippen molar-refractivity contribution in [2.24, 2.45) is 29.2 Å². The molecular formula is C28H53N7O8. The monoisotopic (exact) mass is 615 g/mol. The van der Waals surface area contributed by atoms with Crippen LogP contribution >= 0.6 is 0 Å². The average molecular weight is 616 g/mol. The molecule has 6 atom stereocenters. The fraction of sp³-hybridized carbons (Fsp3) is 0.786. The molecule has 0 rings (SSSR count). The minimum Gasteiger partial charge on any atom is -0.480 e. The van der Waals surface area contributed by atoms with Crippen LogP contribution in [-0.4, -0.2) is 95.6 Å². The minimum absolute atomic E-state index is 0.00212. The quantitative estimate of drug-likeness (QED) is 0.0663. The molecule has 43 heavy (non-hydrogen) atoms. The number of aliphatic hydroxyl groups is 1. The van der Waals surface area contributed by atoms with Crippen LogP contribution in [0, 0.1) is 17.8 Å². The molecule has 15 heteroatoms. The summed E-state index contributed by atoms with van der Waals surface area (Å²) in [5, 5.41) is 31.2. The zero-order valence-corrected chi connectivity index (χ0v) is 26.3. The Morgan fingerprint density at radius 1 is 0.767 bits per heavy atom. The number of rotatable bonds is 21. The molecule has 0 saturated heterocycles. The average Bonchev–Trinajstić information content (AvgIpc) is 2.94. The van der Waals surface area contributed by atoms with Gasteiger partial charge in [0.05, 0.1) is 13.2 Å². The number of unbranched alkanes of at least 4 members (excludes halogenated alkanes) is 1. The van der Waals surface area contributed by atoms with Gasteiger partial charge in [0, 0.05) is 0 Å². The van der Waals surface area contributed by atoms with Crippen LogP contribution in [0.3, 0.4) is 0 Å². The van der Waals surface area contributed by atoms with E-state index in [1.54, 1.807) is 20.8 Å². The minimum atomic E-state index is -1.21. The lowest BCUT2D eigenvalue weighted by molar-refractivity contribution is -0.143. The van der Waals surface area contributed by atoms with E-state index in [0.29, 0.717) is 25.8 Å². The van der Waals surface area contributed by atoms with Crippen LogP contribution in [0.1, 0.15) is 73.6 Å². The number of carboxylic acid groups (broad SMARTS) is 1. The summed E-state index contributed by atoms with van der Waals surface area (Å²) < 4.78 is 0. The largest absolute Gasteiger partial charge is 0.480 e. The van der Waals surface area contributed by atoms with Crippen LogP contribution in [0.4, 0.5) is 0 Å². The Bertz CT molecular complexity index is 931. The molecule has 0 aromatic rings. The number of carbonyl (C=O) groups excluding carboxylic acids is 5. The summed E-state index contributed by atoms with van der Waals surface area (Å²) >= 11 is 0. The van der Waals surface area contributed by atoms with Crippen molar-refractivity contribution in [2.45, 2.75) is 104 Å². The molecule has 0 radical (unpaired) electrons. The van der Waals surface area contributed by atoms with Gasteiger partial charge in [0.1, 0.15) is 30.2 Å². The van der Waals surface area contributed by atoms with Gasteiger partial charge in [-0.2, -0.15) is 0 Å². The van der Waals surface area contributed by atoms with Crippen molar-refractivity contribution in [3.63, 3.8) is 0 Å². The number of hydrogen-bond acceptors (Lipinski definition) is 9. The van der Waals surface area contributed by atoms with E-state index in [2.05, 4.69) is 26.6 Å². The van der Waals surface area contributed by atoms with Gasteiger partial charge >= 0.3 is 5.97 Å². The van der Waals surface area contributed by atoms with E-state index in [-0.39, 0.29) is 24.7 Å². The molecule has 0 unspecified atom stereocenters. The van der Waals surface area contributed by atoms with Crippen molar-refractivity contribution in [3.8, 4) is 0 Å². The maximum absolute atomic E-state index is 13.1. The lowest BCUT2D eigenvalue weighted by Crippen LogP contribution is -2.58. The fourth-order valence-electron chi connectivity index (χ4n) is 4.07. The second-order valence-electron chi connectivity index (χ2n) is 11.5. The summed E-state index contributed by atoms with van der Waals surface area (Å²) in [6, 6.07) is -5.47. The summed E-state index contributed by atoms with van der Waals surface area (Å²) in [5.41, 5.74) is 11.1. The van der Waals surface area contributed by atoms with Crippen LogP contribution in [0.2, 0.25) is 0 Å². The number of hydrogen-bond donors (Lipinski definition) is 9. The van der Waals surface area contributed by atoms with Gasteiger partial charge in [-0.25, -0.2) is 4.79 Å². The van der Waals surface area contributed by atoms with E-state index in [1.165, 1.54) is 0 Å². The van der Waals surface area contributed by atoms with Gasteiger partial charge < -0.3 is 48.3 Å². The number of carboxylic acids is 1. The molecule has 15 nitrogen and oxygen atoms in total. The van der Waals surface area contributed by atoms with E-state index in [1.807, 2.05) is 20.8 Å². The Labute approximate surface area is 254 Å². The van der Waals surface area contributed by atoms with Crippen LogP contribution in [0.5, 0.6) is 0 Å². The maximum Gasteiger partial charge on any atom is 0.326 e. The summed E-state index contributed by atoms with van der Waals surface area (Å²) in [6.07, 6.45) is 2.05. The lowest BCUT2D eigenvalue weighted by atomic mass is 9.96. The summed E-state index contributed by atoms with van der Waals surface area (Å²) in [4.78, 5) is 75.7. The molecule has 0 fully saturated rings. The van der Waals surface area contributed by atoms with E-state index in [9.17, 15) is 33.9 Å². The van der Waals surface area contributed by atoms with Gasteiger partial charge in [0.15, 0.2) is 0 Å². The van der Waals surface area contributed by atoms with Crippen molar-refractivity contribution in [1.29, 1.82) is 0 Å². The van der Waals surface area contributed by atoms with Crippen molar-refractivity contribution >= 4 is 35.5 Å². The molecule has 0 saturated carbocycles. The normalized spacial score (nSPS) is 15.4. The highest BCUT2D eigenvalue weighted by atomic mass is 16.4. The topological polar surface area (TPSA) is 255 Å². The Balaban J connectivity index is 5.55. The second-order valence-corrected chi connectivity index (χ2v) is 11.5. The first-order chi connectivity index (χ1) is 20.1. The molecular weight excluding hydrogens is 562 g/mol. The van der Waals surface area contributed by atoms with E-state index in [0.717, 1.165) is 0 Å². The number of nitrogens with one attached hydrogen (secondary N) is 5. The molecule has 0 aliphatic heterocycles. The van der Waals surface area contributed by atoms with Crippen molar-refractivity contribution in [2.75, 3.05) is 19.7 Å². The number of nitrogens with two attached hydrogens (primary N) is 2. The van der Waals surface area contributed by atoms with Gasteiger partial charge in [-0.3, -0.25) is 24.0 Å². The second kappa shape index (κ2) is 20.6. The third-order valence-corrected chi connectivity index (χ3v) is 6.92. The molecule has 0 spiro atoms. The standard InChI is InChI=1S/C28H53N7O8/c1-7-17(6)23(35-26(40)20(12-15(2)3)33-24(38)18(30)14-36)27(41)31-13-21(37)32-19(10-8-9-11-29)25(39)34-22(16(4)5)28(42)43/h15-20,22-23,36H,7-14,29-30H2,1-6H3,(H,31,41)(H,32,37)(H,33,38)(H,34,39)(H,35,40)(H,42,43)/t17-,18+,19+,20-,22-,23-/m0/s1. The Kier molecular flexibility index (Phi) is 19.0. The SMILES string of the molecule is CC[C@H](C)[C@H](NC(=O)[C@H](CC(C)C)NC(=O)[C@H](N)CO)C(=O)NCC(=O)N[C@H](CCCCN)C(=O)N[C@H](C(=O)O)C(C)C. The molecule has 0 aromatic heterocycles. The highest BCUT2D eigenvalue weighted by molar-refractivity contribution is 5.95. The van der Waals surface area contributed by atoms with Gasteiger partial charge in [-0.15, -0.1) is 0 Å². The molecule has 248 valence electrons. The molecule has 0 aliphatic rings. The summed E-state index contributed by atoms with van der Waals surface area (Å²) in [6.45, 7) is 9.83. The van der Waals surface area contributed by atoms with Gasteiger partial charge in [0.25, 0.3) is 0 Å². The summed E-state index contributed by atoms with van der Waals surface area (Å²) in [7, 11) is 0. The lowest BCUT2D eigenvalue weighted by Gasteiger charge is -2.27. The van der Waals surface area contributed by atoms with Gasteiger partial charge in [-0.05, 0) is 50.0 Å². The fourth-order valence-corrected chi connectivity index (χ4v) is 4.07. The van der Waals surface area contributed by atoms with Gasteiger partial charge in [0.2, 0.25) is 29.5 Å². The zero-order chi connectivity index (χ0) is 33.3. The zero-order valence-electron chi connectivity index (χ0n) is 26.3. The highest BCUT2D eigenvalue weighted by Gasteiger charge is 2.32. The molecule has 11 N–H and O–H groups in total. The van der Waals surface area contributed by atoms with Gasteiger partial charge in [-0.1, -0.05) is 48.0 Å². The molecule has 0 bridgehead atoms. The number of carbonyl (C=O) groups is 6. The van der Waals surface area contributed by atoms with E-state index >= 15 is 0 Å². The third-order valence-electron chi connectivity index (χ3n) is 6.92. The van der Waals surface area contributed by atoms with E-state index in [4.69, 9.17) is 16.6 Å². The van der Waals surface area contributed by atoms with Crippen LogP contribution in [0.25, 0.3) is 0 Å². The molecule has 5 amide bonds. The first-order valence-electron chi connectivity index (χ1n) is 14.9. The Morgan fingerprint density at radius 2 is 1.35 bits per heavy atom. The predicted molar refractivity (Wildman–Crippen MR) is 160 cm³/mol. The van der Waals surface area contributed by atoms with Crippen LogP contribution < -0.4 is 38.1 Å². The van der Waals surface area contributed by atoms with E-state index < -0.39 is 84.8 Å². The Hall–Kier alpha value is -3.30. The maximum atomic E-state index is 13.1. The Morgan fingerprint density at radius 3 is 1.84 bits per heavy atom. The summed E-state index contributed by atoms with van der Waals surface area (Å²) in [5.74, 6) is -5.26. The molecule has 0 heterocycles. The molecule has 0 aromatic carbocycles. The van der Waals surface area contributed by atoms with Crippen molar-refractivity contribution in [3.05, 3.63) is 0 Å². The smallest absolute Gasteiger partial charge is 0.326 e. The third kappa shape index (κ3) is 15.1. The number of aliphatic hydroxyl groups excluding tert-OH is 1. The first kappa shape index (κ1) is 39.7. The predicted octanol–water partition coefficient (Wildman–Crippen LogP) is -1.68. The highest BCUT2D eigenvalue weighted by Crippen LogP contribution is 2.11. The number of aliphatic carboxylic acids is 1. The van der Waals surface area contributed by atoms with Crippen LogP contribution in [0.15, 0.2) is 0 Å². The molecule has 0 aliphatic carbocycles. The number of amides is 5.